The van der Waals surface area contributed by atoms with E-state index in [1.165, 1.54) is 11.3 Å². The molecule has 3 rings (SSSR count). The normalized spacial score (nSPS) is 11.1. The highest BCUT2D eigenvalue weighted by atomic mass is 32.1. The Morgan fingerprint density at radius 3 is 2.85 bits per heavy atom. The van der Waals surface area contributed by atoms with Crippen molar-refractivity contribution in [2.24, 2.45) is 5.10 Å². The Kier molecular flexibility index (Phi) is 5.87. The minimum atomic E-state index is -0.367. The number of rotatable bonds is 7. The van der Waals surface area contributed by atoms with Gasteiger partial charge in [0, 0.05) is 10.4 Å². The molecule has 2 aromatic heterocycles. The standard InChI is InChI=1S/C19H20N4O3S/c1-12(2)26-17-7-6-13(9-18(17)25-3)15-10-16(22-21-15)19(24)23-20-11-14-5-4-8-27-14/h4-12H,1-3H3,(H,21,22)(H,23,24). The van der Waals surface area contributed by atoms with E-state index >= 15 is 0 Å². The average molecular weight is 384 g/mol. The second-order valence-electron chi connectivity index (χ2n) is 5.91. The van der Waals surface area contributed by atoms with Gasteiger partial charge in [0.05, 0.1) is 25.1 Å². The number of aromatic nitrogens is 2. The van der Waals surface area contributed by atoms with Gasteiger partial charge in [0.25, 0.3) is 5.91 Å². The molecule has 7 nitrogen and oxygen atoms in total. The monoisotopic (exact) mass is 384 g/mol. The molecule has 8 heteroatoms. The van der Waals surface area contributed by atoms with Crippen LogP contribution in [0.15, 0.2) is 46.9 Å². The van der Waals surface area contributed by atoms with Crippen molar-refractivity contribution in [2.45, 2.75) is 20.0 Å². The van der Waals surface area contributed by atoms with Crippen molar-refractivity contribution in [3.8, 4) is 22.8 Å². The lowest BCUT2D eigenvalue weighted by Gasteiger charge is -2.14. The zero-order valence-electron chi connectivity index (χ0n) is 15.2. The molecule has 0 bridgehead atoms. The number of carbonyl (C=O) groups is 1. The summed E-state index contributed by atoms with van der Waals surface area (Å²) in [6.07, 6.45) is 1.64. The van der Waals surface area contributed by atoms with Crippen LogP contribution in [0, 0.1) is 0 Å². The van der Waals surface area contributed by atoms with Crippen LogP contribution >= 0.6 is 11.3 Å². The van der Waals surface area contributed by atoms with E-state index in [0.29, 0.717) is 22.9 Å². The summed E-state index contributed by atoms with van der Waals surface area (Å²) in [5.41, 5.74) is 4.22. The van der Waals surface area contributed by atoms with Crippen LogP contribution in [0.2, 0.25) is 0 Å². The van der Waals surface area contributed by atoms with Crippen molar-refractivity contribution < 1.29 is 14.3 Å². The Morgan fingerprint density at radius 1 is 1.30 bits per heavy atom. The van der Waals surface area contributed by atoms with E-state index in [2.05, 4.69) is 20.7 Å². The van der Waals surface area contributed by atoms with Gasteiger partial charge in [0.15, 0.2) is 11.5 Å². The molecule has 0 fully saturated rings. The largest absolute Gasteiger partial charge is 0.493 e. The number of nitrogens with one attached hydrogen (secondary N) is 2. The Morgan fingerprint density at radius 2 is 2.15 bits per heavy atom. The molecule has 0 spiro atoms. The van der Waals surface area contributed by atoms with E-state index in [-0.39, 0.29) is 12.0 Å². The van der Waals surface area contributed by atoms with Crippen LogP contribution in [0.1, 0.15) is 29.2 Å². The zero-order chi connectivity index (χ0) is 19.2. The molecule has 1 aromatic carbocycles. The van der Waals surface area contributed by atoms with Gasteiger partial charge in [-0.2, -0.15) is 10.2 Å². The van der Waals surface area contributed by atoms with Crippen molar-refractivity contribution in [1.82, 2.24) is 15.6 Å². The van der Waals surface area contributed by atoms with Gasteiger partial charge in [0.1, 0.15) is 5.69 Å². The molecule has 0 saturated heterocycles. The SMILES string of the molecule is COc1cc(-c2cc(C(=O)NN=Cc3cccs3)[nH]n2)ccc1OC(C)C. The van der Waals surface area contributed by atoms with Gasteiger partial charge in [-0.05, 0) is 49.6 Å². The molecular formula is C19H20N4O3S. The first-order valence-corrected chi connectivity index (χ1v) is 9.22. The van der Waals surface area contributed by atoms with E-state index in [1.807, 2.05) is 49.6 Å². The van der Waals surface area contributed by atoms with Gasteiger partial charge in [0.2, 0.25) is 0 Å². The fraction of sp³-hybridized carbons (Fsp3) is 0.211. The number of hydrogen-bond acceptors (Lipinski definition) is 6. The molecule has 140 valence electrons. The van der Waals surface area contributed by atoms with Crippen LogP contribution in [0.4, 0.5) is 0 Å². The highest BCUT2D eigenvalue weighted by Crippen LogP contribution is 2.32. The van der Waals surface area contributed by atoms with Crippen LogP contribution in [-0.4, -0.2) is 35.5 Å². The number of ether oxygens (including phenoxy) is 2. The first-order chi connectivity index (χ1) is 13.1. The highest BCUT2D eigenvalue weighted by Gasteiger charge is 2.13. The maximum absolute atomic E-state index is 12.2. The van der Waals surface area contributed by atoms with E-state index in [9.17, 15) is 4.79 Å². The quantitative estimate of drug-likeness (QED) is 0.480. The summed E-state index contributed by atoms with van der Waals surface area (Å²) in [5.74, 6) is 0.900. The molecule has 0 aliphatic heterocycles. The number of hydrogen-bond donors (Lipinski definition) is 2. The molecule has 0 saturated carbocycles. The van der Waals surface area contributed by atoms with Crippen LogP contribution in [-0.2, 0) is 0 Å². The van der Waals surface area contributed by atoms with Crippen LogP contribution in [0.25, 0.3) is 11.3 Å². The minimum absolute atomic E-state index is 0.0418. The number of aromatic amines is 1. The first kappa shape index (κ1) is 18.7. The topological polar surface area (TPSA) is 88.6 Å². The maximum Gasteiger partial charge on any atom is 0.289 e. The Labute approximate surface area is 161 Å². The van der Waals surface area contributed by atoms with Crippen molar-refractivity contribution in [3.63, 3.8) is 0 Å². The Hall–Kier alpha value is -3.13. The molecule has 27 heavy (non-hydrogen) atoms. The number of nitrogens with zero attached hydrogens (tertiary/aromatic N) is 2. The molecule has 0 radical (unpaired) electrons. The summed E-state index contributed by atoms with van der Waals surface area (Å²) in [6, 6.07) is 11.0. The number of methoxy groups -OCH3 is 1. The lowest BCUT2D eigenvalue weighted by molar-refractivity contribution is 0.0950. The molecule has 0 atom stereocenters. The number of carbonyl (C=O) groups excluding carboxylic acids is 1. The summed E-state index contributed by atoms with van der Waals surface area (Å²) in [6.45, 7) is 3.90. The number of amides is 1. The van der Waals surface area contributed by atoms with Gasteiger partial charge >= 0.3 is 0 Å². The van der Waals surface area contributed by atoms with Gasteiger partial charge in [-0.1, -0.05) is 6.07 Å². The van der Waals surface area contributed by atoms with Crippen LogP contribution < -0.4 is 14.9 Å². The third-order valence-corrected chi connectivity index (χ3v) is 4.35. The number of benzene rings is 1. The maximum atomic E-state index is 12.2. The average Bonchev–Trinajstić information content (AvgIpc) is 3.33. The van der Waals surface area contributed by atoms with Crippen molar-refractivity contribution in [3.05, 3.63) is 52.3 Å². The predicted octanol–water partition coefficient (Wildman–Crippen LogP) is 3.70. The van der Waals surface area contributed by atoms with Crippen LogP contribution in [0.5, 0.6) is 11.5 Å². The van der Waals surface area contributed by atoms with Crippen molar-refractivity contribution >= 4 is 23.5 Å². The van der Waals surface area contributed by atoms with Gasteiger partial charge in [-0.25, -0.2) is 5.43 Å². The molecule has 0 unspecified atom stereocenters. The fourth-order valence-electron chi connectivity index (χ4n) is 2.34. The molecule has 1 amide bonds. The molecule has 3 aromatic rings. The third kappa shape index (κ3) is 4.73. The summed E-state index contributed by atoms with van der Waals surface area (Å²) < 4.78 is 11.1. The minimum Gasteiger partial charge on any atom is -0.493 e. The third-order valence-electron chi connectivity index (χ3n) is 3.55. The van der Waals surface area contributed by atoms with E-state index < -0.39 is 0 Å². The van der Waals surface area contributed by atoms with E-state index in [1.54, 1.807) is 19.4 Å². The van der Waals surface area contributed by atoms with E-state index in [4.69, 9.17) is 9.47 Å². The molecule has 0 aliphatic rings. The Balaban J connectivity index is 1.72. The van der Waals surface area contributed by atoms with Gasteiger partial charge in [-0.15, -0.1) is 11.3 Å². The summed E-state index contributed by atoms with van der Waals surface area (Å²) >= 11 is 1.54. The second-order valence-corrected chi connectivity index (χ2v) is 6.89. The fourth-order valence-corrected chi connectivity index (χ4v) is 2.93. The Bertz CT molecular complexity index is 932. The lowest BCUT2D eigenvalue weighted by Crippen LogP contribution is -2.17. The molecule has 2 N–H and O–H groups in total. The molecule has 2 heterocycles. The summed E-state index contributed by atoms with van der Waals surface area (Å²) in [5, 5.41) is 12.8. The lowest BCUT2D eigenvalue weighted by atomic mass is 10.1. The van der Waals surface area contributed by atoms with E-state index in [0.717, 1.165) is 10.4 Å². The predicted molar refractivity (Wildman–Crippen MR) is 106 cm³/mol. The molecular weight excluding hydrogens is 364 g/mol. The first-order valence-electron chi connectivity index (χ1n) is 8.34. The van der Waals surface area contributed by atoms with Crippen molar-refractivity contribution in [1.29, 1.82) is 0 Å². The number of thiophene rings is 1. The number of hydrazone groups is 1. The smallest absolute Gasteiger partial charge is 0.289 e. The van der Waals surface area contributed by atoms with Crippen molar-refractivity contribution in [2.75, 3.05) is 7.11 Å². The highest BCUT2D eigenvalue weighted by molar-refractivity contribution is 7.11. The zero-order valence-corrected chi connectivity index (χ0v) is 16.0. The summed E-state index contributed by atoms with van der Waals surface area (Å²) in [7, 11) is 1.58. The second kappa shape index (κ2) is 8.50. The van der Waals surface area contributed by atoms with Gasteiger partial charge < -0.3 is 9.47 Å². The molecule has 0 aliphatic carbocycles. The van der Waals surface area contributed by atoms with Gasteiger partial charge in [-0.3, -0.25) is 9.89 Å². The van der Waals surface area contributed by atoms with Crippen LogP contribution in [0.3, 0.4) is 0 Å². The summed E-state index contributed by atoms with van der Waals surface area (Å²) in [4.78, 5) is 13.1. The number of H-pyrrole nitrogens is 1.